The molecule has 0 saturated heterocycles. The molecule has 0 saturated carbocycles. The Kier molecular flexibility index (Phi) is 7.95. The molecule has 0 aliphatic carbocycles. The number of halogens is 1. The number of benzene rings is 1. The van der Waals surface area contributed by atoms with Crippen LogP contribution in [0.15, 0.2) is 24.3 Å². The number of alkyl halides is 1. The smallest absolute Gasteiger partial charge is 0.251 e. The summed E-state index contributed by atoms with van der Waals surface area (Å²) in [6.45, 7) is 7.10. The molecular formula is C16H24INO2. The number of nitrogens with one attached hydrogen (secondary N) is 1. The van der Waals surface area contributed by atoms with E-state index in [1.54, 1.807) is 0 Å². The molecule has 1 aromatic carbocycles. The van der Waals surface area contributed by atoms with Crippen LogP contribution in [-0.2, 0) is 0 Å². The highest BCUT2D eigenvalue weighted by molar-refractivity contribution is 14.1. The highest BCUT2D eigenvalue weighted by atomic mass is 127. The molecule has 3 nitrogen and oxygen atoms in total. The summed E-state index contributed by atoms with van der Waals surface area (Å²) in [6.07, 6.45) is 2.17. The molecule has 1 amide bonds. The maximum atomic E-state index is 12.1. The fraction of sp³-hybridized carbons (Fsp3) is 0.562. The molecule has 0 aliphatic heterocycles. The standard InChI is InChI=1S/C16H24INO2/c1-4-5-10-20-14-8-6-13(7-9-14)16(19)18-15(11-17)12(2)3/h6-9,12,15H,4-5,10-11H2,1-3H3,(H,18,19). The van der Waals surface area contributed by atoms with Gasteiger partial charge in [-0.05, 0) is 36.6 Å². The lowest BCUT2D eigenvalue weighted by molar-refractivity contribution is 0.0932. The van der Waals surface area contributed by atoms with E-state index in [1.807, 2.05) is 24.3 Å². The van der Waals surface area contributed by atoms with Gasteiger partial charge in [0.2, 0.25) is 0 Å². The number of ether oxygens (including phenoxy) is 1. The van der Waals surface area contributed by atoms with Crippen molar-refractivity contribution in [3.63, 3.8) is 0 Å². The molecule has 1 N–H and O–H groups in total. The summed E-state index contributed by atoms with van der Waals surface area (Å²) in [4.78, 5) is 12.1. The third-order valence-corrected chi connectivity index (χ3v) is 4.12. The average molecular weight is 389 g/mol. The molecule has 0 heterocycles. The maximum absolute atomic E-state index is 12.1. The number of carbonyl (C=O) groups is 1. The predicted octanol–water partition coefficient (Wildman–Crippen LogP) is 4.05. The van der Waals surface area contributed by atoms with Gasteiger partial charge in [0.25, 0.3) is 5.91 Å². The van der Waals surface area contributed by atoms with E-state index in [4.69, 9.17) is 4.74 Å². The SMILES string of the molecule is CCCCOc1ccc(C(=O)NC(CI)C(C)C)cc1. The van der Waals surface area contributed by atoms with Gasteiger partial charge in [-0.1, -0.05) is 49.8 Å². The van der Waals surface area contributed by atoms with Crippen LogP contribution in [0.3, 0.4) is 0 Å². The molecule has 1 rings (SSSR count). The van der Waals surface area contributed by atoms with Gasteiger partial charge in [-0.15, -0.1) is 0 Å². The van der Waals surface area contributed by atoms with Crippen molar-refractivity contribution >= 4 is 28.5 Å². The number of unbranched alkanes of at least 4 members (excludes halogenated alkanes) is 1. The first-order chi connectivity index (χ1) is 9.58. The summed E-state index contributed by atoms with van der Waals surface area (Å²) in [5, 5.41) is 3.07. The van der Waals surface area contributed by atoms with Crippen molar-refractivity contribution in [3.8, 4) is 5.75 Å². The summed E-state index contributed by atoms with van der Waals surface area (Å²) in [6, 6.07) is 7.57. The first-order valence-electron chi connectivity index (χ1n) is 7.18. The second-order valence-electron chi connectivity index (χ2n) is 5.20. The average Bonchev–Trinajstić information content (AvgIpc) is 2.45. The Hall–Kier alpha value is -0.780. The number of carbonyl (C=O) groups excluding carboxylic acids is 1. The van der Waals surface area contributed by atoms with Crippen molar-refractivity contribution in [2.75, 3.05) is 11.0 Å². The molecule has 1 aromatic rings. The van der Waals surface area contributed by atoms with E-state index >= 15 is 0 Å². The monoisotopic (exact) mass is 389 g/mol. The lowest BCUT2D eigenvalue weighted by atomic mass is 10.1. The first-order valence-corrected chi connectivity index (χ1v) is 8.70. The Morgan fingerprint density at radius 3 is 2.45 bits per heavy atom. The van der Waals surface area contributed by atoms with Crippen LogP contribution < -0.4 is 10.1 Å². The molecular weight excluding hydrogens is 365 g/mol. The van der Waals surface area contributed by atoms with Gasteiger partial charge in [-0.25, -0.2) is 0 Å². The van der Waals surface area contributed by atoms with E-state index in [-0.39, 0.29) is 11.9 Å². The Morgan fingerprint density at radius 1 is 1.30 bits per heavy atom. The van der Waals surface area contributed by atoms with Crippen LogP contribution in [0.2, 0.25) is 0 Å². The molecule has 1 unspecified atom stereocenters. The highest BCUT2D eigenvalue weighted by Gasteiger charge is 2.15. The molecule has 0 radical (unpaired) electrons. The normalized spacial score (nSPS) is 12.2. The molecule has 0 aliphatic rings. The van der Waals surface area contributed by atoms with Gasteiger partial charge in [-0.2, -0.15) is 0 Å². The maximum Gasteiger partial charge on any atom is 0.251 e. The fourth-order valence-corrected chi connectivity index (χ4v) is 2.91. The van der Waals surface area contributed by atoms with Gasteiger partial charge in [-0.3, -0.25) is 4.79 Å². The van der Waals surface area contributed by atoms with Gasteiger partial charge in [0.05, 0.1) is 6.61 Å². The zero-order valence-corrected chi connectivity index (χ0v) is 14.6. The van der Waals surface area contributed by atoms with E-state index in [2.05, 4.69) is 48.7 Å². The molecule has 1 atom stereocenters. The van der Waals surface area contributed by atoms with E-state index in [9.17, 15) is 4.79 Å². The van der Waals surface area contributed by atoms with Crippen molar-refractivity contribution in [1.82, 2.24) is 5.32 Å². The number of hydrogen-bond donors (Lipinski definition) is 1. The quantitative estimate of drug-likeness (QED) is 0.414. The first kappa shape index (κ1) is 17.3. The third kappa shape index (κ3) is 5.69. The van der Waals surface area contributed by atoms with Gasteiger partial charge in [0.1, 0.15) is 5.75 Å². The Morgan fingerprint density at radius 2 is 1.95 bits per heavy atom. The molecule has 0 bridgehead atoms. The minimum atomic E-state index is -0.0134. The van der Waals surface area contributed by atoms with Gasteiger partial charge in [0, 0.05) is 16.0 Å². The summed E-state index contributed by atoms with van der Waals surface area (Å²) >= 11 is 2.31. The van der Waals surface area contributed by atoms with Crippen molar-refractivity contribution in [3.05, 3.63) is 29.8 Å². The van der Waals surface area contributed by atoms with Crippen LogP contribution in [0.5, 0.6) is 5.75 Å². The molecule has 20 heavy (non-hydrogen) atoms. The topological polar surface area (TPSA) is 38.3 Å². The van der Waals surface area contributed by atoms with Crippen molar-refractivity contribution in [2.45, 2.75) is 39.7 Å². The molecule has 0 spiro atoms. The number of rotatable bonds is 8. The summed E-state index contributed by atoms with van der Waals surface area (Å²) in [7, 11) is 0. The van der Waals surface area contributed by atoms with Crippen molar-refractivity contribution in [2.24, 2.45) is 5.92 Å². The van der Waals surface area contributed by atoms with Crippen LogP contribution in [0.1, 0.15) is 44.0 Å². The Balaban J connectivity index is 2.56. The molecule has 4 heteroatoms. The zero-order chi connectivity index (χ0) is 15.0. The summed E-state index contributed by atoms with van der Waals surface area (Å²) in [5.41, 5.74) is 0.684. The van der Waals surface area contributed by atoms with E-state index < -0.39 is 0 Å². The molecule has 112 valence electrons. The zero-order valence-electron chi connectivity index (χ0n) is 12.5. The predicted molar refractivity (Wildman–Crippen MR) is 91.8 cm³/mol. The summed E-state index contributed by atoms with van der Waals surface area (Å²) < 4.78 is 6.50. The van der Waals surface area contributed by atoms with Crippen molar-refractivity contribution in [1.29, 1.82) is 0 Å². The third-order valence-electron chi connectivity index (χ3n) is 3.17. The van der Waals surface area contributed by atoms with Crippen LogP contribution in [0.25, 0.3) is 0 Å². The number of amides is 1. The lowest BCUT2D eigenvalue weighted by Gasteiger charge is -2.20. The van der Waals surface area contributed by atoms with Crippen LogP contribution in [0.4, 0.5) is 0 Å². The minimum absolute atomic E-state index is 0.0134. The fourth-order valence-electron chi connectivity index (χ4n) is 1.67. The second kappa shape index (κ2) is 9.21. The number of hydrogen-bond acceptors (Lipinski definition) is 2. The van der Waals surface area contributed by atoms with Gasteiger partial charge < -0.3 is 10.1 Å². The van der Waals surface area contributed by atoms with Gasteiger partial charge >= 0.3 is 0 Å². The van der Waals surface area contributed by atoms with Crippen LogP contribution in [0, 0.1) is 5.92 Å². The van der Waals surface area contributed by atoms with E-state index in [0.29, 0.717) is 11.5 Å². The van der Waals surface area contributed by atoms with Crippen LogP contribution in [-0.4, -0.2) is 23.0 Å². The van der Waals surface area contributed by atoms with Gasteiger partial charge in [0.15, 0.2) is 0 Å². The summed E-state index contributed by atoms with van der Waals surface area (Å²) in [5.74, 6) is 1.25. The Bertz CT molecular complexity index is 403. The highest BCUT2D eigenvalue weighted by Crippen LogP contribution is 2.13. The van der Waals surface area contributed by atoms with E-state index in [0.717, 1.165) is 29.6 Å². The van der Waals surface area contributed by atoms with E-state index in [1.165, 1.54) is 0 Å². The Labute approximate surface area is 135 Å². The molecule has 0 fully saturated rings. The lowest BCUT2D eigenvalue weighted by Crippen LogP contribution is -2.39. The van der Waals surface area contributed by atoms with Crippen LogP contribution >= 0.6 is 22.6 Å². The second-order valence-corrected chi connectivity index (χ2v) is 6.09. The minimum Gasteiger partial charge on any atom is -0.494 e. The molecule has 0 aromatic heterocycles. The van der Waals surface area contributed by atoms with Crippen molar-refractivity contribution < 1.29 is 9.53 Å². The largest absolute Gasteiger partial charge is 0.494 e.